The van der Waals surface area contributed by atoms with E-state index in [1.165, 1.54) is 26.0 Å². The fourth-order valence-electron chi connectivity index (χ4n) is 1.86. The van der Waals surface area contributed by atoms with E-state index < -0.39 is 30.0 Å². The molecular weight excluding hydrogens is 329 g/mol. The number of methoxy groups -OCH3 is 1. The number of anilines is 1. The van der Waals surface area contributed by atoms with Crippen LogP contribution in [-0.2, 0) is 14.3 Å². The van der Waals surface area contributed by atoms with Crippen LogP contribution in [0, 0.1) is 6.92 Å². The summed E-state index contributed by atoms with van der Waals surface area (Å²) in [6, 6.07) is 6.00. The van der Waals surface area contributed by atoms with Gasteiger partial charge in [0.15, 0.2) is 0 Å². The van der Waals surface area contributed by atoms with Gasteiger partial charge in [-0.3, -0.25) is 5.32 Å². The Kier molecular flexibility index (Phi) is 6.05. The van der Waals surface area contributed by atoms with Crippen molar-refractivity contribution in [3.05, 3.63) is 29.8 Å². The van der Waals surface area contributed by atoms with Gasteiger partial charge in [0.05, 0.1) is 13.2 Å². The number of amides is 1. The van der Waals surface area contributed by atoms with E-state index >= 15 is 0 Å². The minimum Gasteiger partial charge on any atom is -0.466 e. The normalized spacial score (nSPS) is 13.8. The first kappa shape index (κ1) is 19.6. The highest BCUT2D eigenvalue weighted by molar-refractivity contribution is 5.89. The summed E-state index contributed by atoms with van der Waals surface area (Å²) in [4.78, 5) is 23.7. The molecule has 1 atom stereocenters. The van der Waals surface area contributed by atoms with Gasteiger partial charge < -0.3 is 14.8 Å². The molecule has 0 spiro atoms. The number of hydrogen-bond acceptors (Lipinski definition) is 5. The van der Waals surface area contributed by atoms with Crippen molar-refractivity contribution in [1.82, 2.24) is 5.32 Å². The number of ether oxygens (including phenoxy) is 2. The third-order valence-electron chi connectivity index (χ3n) is 3.02. The molecule has 0 heterocycles. The molecule has 0 unspecified atom stereocenters. The molecule has 2 N–H and O–H groups in total. The summed E-state index contributed by atoms with van der Waals surface area (Å²) in [6.45, 7) is 4.47. The number of carbonyl (C=O) groups excluding carboxylic acids is 2. The van der Waals surface area contributed by atoms with Crippen LogP contribution in [0.3, 0.4) is 0 Å². The fraction of sp³-hybridized carbons (Fsp3) is 0.467. The lowest BCUT2D eigenvalue weighted by molar-refractivity contribution is -0.204. The number of benzene rings is 1. The molecule has 9 heteroatoms. The number of alkyl carbamates (subject to hydrolysis) is 1. The Bertz CT molecular complexity index is 605. The highest BCUT2D eigenvalue weighted by atomic mass is 19.4. The van der Waals surface area contributed by atoms with Gasteiger partial charge in [0, 0.05) is 5.69 Å². The zero-order chi connectivity index (χ0) is 18.5. The van der Waals surface area contributed by atoms with E-state index in [9.17, 15) is 22.8 Å². The largest absolute Gasteiger partial charge is 0.466 e. The lowest BCUT2D eigenvalue weighted by Gasteiger charge is -2.35. The Labute approximate surface area is 137 Å². The van der Waals surface area contributed by atoms with E-state index in [0.29, 0.717) is 5.56 Å². The van der Waals surface area contributed by atoms with Crippen molar-refractivity contribution in [3.8, 4) is 0 Å². The first-order chi connectivity index (χ1) is 11.0. The van der Waals surface area contributed by atoms with Crippen LogP contribution in [0.5, 0.6) is 0 Å². The zero-order valence-corrected chi connectivity index (χ0v) is 13.7. The SMILES string of the molecule is COC(=O)[C@](NC(=O)OC(C)C)(Nc1ccccc1C)C(F)(F)F. The van der Waals surface area contributed by atoms with E-state index in [4.69, 9.17) is 0 Å². The summed E-state index contributed by atoms with van der Waals surface area (Å²) < 4.78 is 50.0. The van der Waals surface area contributed by atoms with Crippen LogP contribution in [0.15, 0.2) is 24.3 Å². The average Bonchev–Trinajstić information content (AvgIpc) is 2.45. The first-order valence-electron chi connectivity index (χ1n) is 7.01. The van der Waals surface area contributed by atoms with E-state index in [-0.39, 0.29) is 5.69 Å². The molecule has 24 heavy (non-hydrogen) atoms. The third kappa shape index (κ3) is 4.30. The minimum absolute atomic E-state index is 0.00470. The van der Waals surface area contributed by atoms with Crippen LogP contribution >= 0.6 is 0 Å². The predicted molar refractivity (Wildman–Crippen MR) is 80.4 cm³/mol. The number of carbonyl (C=O) groups is 2. The number of nitrogens with one attached hydrogen (secondary N) is 2. The van der Waals surface area contributed by atoms with E-state index in [2.05, 4.69) is 9.47 Å². The fourth-order valence-corrected chi connectivity index (χ4v) is 1.86. The third-order valence-corrected chi connectivity index (χ3v) is 3.02. The summed E-state index contributed by atoms with van der Waals surface area (Å²) in [5.74, 6) is -1.72. The summed E-state index contributed by atoms with van der Waals surface area (Å²) >= 11 is 0. The average molecular weight is 348 g/mol. The minimum atomic E-state index is -5.20. The number of para-hydroxylation sites is 1. The molecular formula is C15H19F3N2O4. The predicted octanol–water partition coefficient (Wildman–Crippen LogP) is 2.97. The summed E-state index contributed by atoms with van der Waals surface area (Å²) in [5.41, 5.74) is -3.04. The highest BCUT2D eigenvalue weighted by Gasteiger charge is 2.64. The highest BCUT2D eigenvalue weighted by Crippen LogP contribution is 2.34. The molecule has 0 aliphatic carbocycles. The van der Waals surface area contributed by atoms with Gasteiger partial charge in [-0.1, -0.05) is 18.2 Å². The van der Waals surface area contributed by atoms with E-state index in [1.54, 1.807) is 24.4 Å². The van der Waals surface area contributed by atoms with Crippen molar-refractivity contribution in [1.29, 1.82) is 0 Å². The Balaban J connectivity index is 3.34. The summed E-state index contributed by atoms with van der Waals surface area (Å²) in [5, 5.41) is 3.60. The quantitative estimate of drug-likeness (QED) is 0.632. The Morgan fingerprint density at radius 1 is 1.17 bits per heavy atom. The van der Waals surface area contributed by atoms with Crippen molar-refractivity contribution in [2.75, 3.05) is 12.4 Å². The lowest BCUT2D eigenvalue weighted by Crippen LogP contribution is -2.69. The molecule has 0 aliphatic rings. The molecule has 1 amide bonds. The van der Waals surface area contributed by atoms with Crippen molar-refractivity contribution in [2.45, 2.75) is 38.7 Å². The maximum Gasteiger partial charge on any atom is 0.442 e. The monoisotopic (exact) mass is 348 g/mol. The zero-order valence-electron chi connectivity index (χ0n) is 13.7. The molecule has 0 radical (unpaired) electrons. The van der Waals surface area contributed by atoms with E-state index in [1.807, 2.05) is 5.32 Å². The van der Waals surface area contributed by atoms with Gasteiger partial charge in [-0.25, -0.2) is 9.59 Å². The maximum absolute atomic E-state index is 13.7. The first-order valence-corrected chi connectivity index (χ1v) is 7.01. The van der Waals surface area contributed by atoms with Crippen molar-refractivity contribution >= 4 is 17.7 Å². The van der Waals surface area contributed by atoms with E-state index in [0.717, 1.165) is 7.11 Å². The maximum atomic E-state index is 13.7. The number of aryl methyl sites for hydroxylation is 1. The van der Waals surface area contributed by atoms with Gasteiger partial charge in [0.25, 0.3) is 0 Å². The van der Waals surface area contributed by atoms with Gasteiger partial charge in [-0.15, -0.1) is 0 Å². The molecule has 6 nitrogen and oxygen atoms in total. The number of hydrogen-bond donors (Lipinski definition) is 2. The van der Waals surface area contributed by atoms with Crippen LogP contribution in [0.4, 0.5) is 23.7 Å². The van der Waals surface area contributed by atoms with Gasteiger partial charge in [0.2, 0.25) is 0 Å². The van der Waals surface area contributed by atoms with Crippen molar-refractivity contribution in [2.24, 2.45) is 0 Å². The lowest BCUT2D eigenvalue weighted by atomic mass is 10.1. The van der Waals surface area contributed by atoms with Crippen molar-refractivity contribution in [3.63, 3.8) is 0 Å². The number of esters is 1. The number of alkyl halides is 3. The summed E-state index contributed by atoms with van der Waals surface area (Å²) in [7, 11) is 0.789. The summed E-state index contributed by atoms with van der Waals surface area (Å²) in [6.07, 6.45) is -7.28. The molecule has 0 saturated carbocycles. The van der Waals surface area contributed by atoms with Crippen LogP contribution in [0.2, 0.25) is 0 Å². The Morgan fingerprint density at radius 2 is 1.75 bits per heavy atom. The smallest absolute Gasteiger partial charge is 0.442 e. The standard InChI is InChI=1S/C15H19F3N2O4/c1-9(2)24-13(22)20-14(12(21)23-4,15(16,17)18)19-11-8-6-5-7-10(11)3/h5-9,19H,1-4H3,(H,20,22)/t14-/m1/s1. The van der Waals surface area contributed by atoms with Crippen LogP contribution in [0.25, 0.3) is 0 Å². The van der Waals surface area contributed by atoms with Crippen molar-refractivity contribution < 1.29 is 32.2 Å². The number of halogens is 3. The molecule has 134 valence electrons. The van der Waals surface area contributed by atoms with Gasteiger partial charge in [0.1, 0.15) is 0 Å². The molecule has 0 saturated heterocycles. The Hall–Kier alpha value is -2.45. The second-order valence-corrected chi connectivity index (χ2v) is 5.26. The second kappa shape index (κ2) is 7.41. The Morgan fingerprint density at radius 3 is 2.21 bits per heavy atom. The number of rotatable bonds is 5. The second-order valence-electron chi connectivity index (χ2n) is 5.26. The molecule has 0 bridgehead atoms. The molecule has 0 fully saturated rings. The molecule has 1 rings (SSSR count). The van der Waals surface area contributed by atoms with Gasteiger partial charge >= 0.3 is 23.9 Å². The topological polar surface area (TPSA) is 76.7 Å². The molecule has 1 aromatic carbocycles. The van der Waals surface area contributed by atoms with Crippen LogP contribution in [0.1, 0.15) is 19.4 Å². The van der Waals surface area contributed by atoms with Gasteiger partial charge in [-0.2, -0.15) is 13.2 Å². The van der Waals surface area contributed by atoms with Gasteiger partial charge in [-0.05, 0) is 32.4 Å². The van der Waals surface area contributed by atoms with Crippen LogP contribution in [-0.4, -0.2) is 37.1 Å². The molecule has 1 aromatic rings. The molecule has 0 aromatic heterocycles. The molecule has 0 aliphatic heterocycles. The van der Waals surface area contributed by atoms with Crippen LogP contribution < -0.4 is 10.6 Å².